The van der Waals surface area contributed by atoms with Crippen LogP contribution >= 0.6 is 22.7 Å². The molecule has 2 heterocycles. The smallest absolute Gasteiger partial charge is 0.252 e. The summed E-state index contributed by atoms with van der Waals surface area (Å²) in [6, 6.07) is 0.131. The van der Waals surface area contributed by atoms with E-state index in [4.69, 9.17) is 0 Å². The normalized spacial score (nSPS) is 25.8. The molecule has 0 unspecified atom stereocenters. The molecule has 0 aliphatic heterocycles. The van der Waals surface area contributed by atoms with Crippen molar-refractivity contribution in [2.45, 2.75) is 97.4 Å². The van der Waals surface area contributed by atoms with Crippen LogP contribution in [0.25, 0.3) is 0 Å². The number of nitrogens with one attached hydrogen (secondary N) is 2. The third-order valence-electron chi connectivity index (χ3n) is 8.07. The Balaban J connectivity index is 1.25. The summed E-state index contributed by atoms with van der Waals surface area (Å²) >= 11 is 3.50. The second-order valence-corrected chi connectivity index (χ2v) is 13.9. The lowest BCUT2D eigenvalue weighted by molar-refractivity contribution is 0.0591. The van der Waals surface area contributed by atoms with Crippen molar-refractivity contribution in [1.82, 2.24) is 10.6 Å². The largest absolute Gasteiger partial charge is 0.351 e. The molecular weight excluding hydrogens is 460 g/mol. The molecule has 0 aromatic carbocycles. The average Bonchev–Trinajstić information content (AvgIpc) is 3.41. The van der Waals surface area contributed by atoms with Gasteiger partial charge in [0.1, 0.15) is 0 Å². The summed E-state index contributed by atoms with van der Waals surface area (Å²) in [5, 5.41) is 10.8. The Labute approximate surface area is 211 Å². The summed E-state index contributed by atoms with van der Waals surface area (Å²) in [5.41, 5.74) is 4.45. The fourth-order valence-corrected chi connectivity index (χ4v) is 9.14. The maximum Gasteiger partial charge on any atom is 0.252 e. The summed E-state index contributed by atoms with van der Waals surface area (Å²) < 4.78 is 0. The van der Waals surface area contributed by atoms with Gasteiger partial charge in [-0.25, -0.2) is 0 Å². The molecule has 2 aromatic heterocycles. The molecule has 3 aliphatic carbocycles. The number of carbonyl (C=O) groups excluding carboxylic acids is 2. The van der Waals surface area contributed by atoms with E-state index < -0.39 is 0 Å². The second-order valence-electron chi connectivity index (χ2n) is 11.9. The van der Waals surface area contributed by atoms with Gasteiger partial charge in [-0.2, -0.15) is 0 Å². The van der Waals surface area contributed by atoms with Gasteiger partial charge < -0.3 is 10.6 Å². The van der Waals surface area contributed by atoms with Gasteiger partial charge in [0.2, 0.25) is 0 Å². The molecule has 2 atom stereocenters. The lowest BCUT2D eigenvalue weighted by Gasteiger charge is -2.47. The quantitative estimate of drug-likeness (QED) is 0.507. The summed E-state index contributed by atoms with van der Waals surface area (Å²) in [4.78, 5) is 29.2. The number of hydrogen-bond donors (Lipinski definition) is 2. The fraction of sp³-hybridized carbons (Fsp3) is 0.643. The minimum Gasteiger partial charge on any atom is -0.351 e. The van der Waals surface area contributed by atoms with Crippen molar-refractivity contribution < 1.29 is 9.59 Å². The third kappa shape index (κ3) is 4.99. The van der Waals surface area contributed by atoms with Gasteiger partial charge in [-0.1, -0.05) is 20.8 Å². The van der Waals surface area contributed by atoms with Gasteiger partial charge in [0.25, 0.3) is 11.8 Å². The van der Waals surface area contributed by atoms with Gasteiger partial charge in [-0.15, -0.1) is 22.7 Å². The third-order valence-corrected chi connectivity index (χ3v) is 10.2. The van der Waals surface area contributed by atoms with Crippen LogP contribution in [-0.2, 0) is 25.7 Å². The summed E-state index contributed by atoms with van der Waals surface area (Å²) in [5.74, 6) is 0.174. The van der Waals surface area contributed by atoms with Crippen molar-refractivity contribution in [3.05, 3.63) is 42.8 Å². The number of thiophene rings is 2. The van der Waals surface area contributed by atoms with Crippen LogP contribution in [0, 0.1) is 10.8 Å². The van der Waals surface area contributed by atoms with Crippen LogP contribution in [0.3, 0.4) is 0 Å². The first-order valence-corrected chi connectivity index (χ1v) is 14.8. The Hall–Kier alpha value is -1.66. The first-order chi connectivity index (χ1) is 16.2. The number of fused-ring (bicyclic) bond motifs is 2. The van der Waals surface area contributed by atoms with E-state index in [1.807, 2.05) is 0 Å². The van der Waals surface area contributed by atoms with Crippen molar-refractivity contribution in [1.29, 1.82) is 0 Å². The molecule has 5 rings (SSSR count). The summed E-state index contributed by atoms with van der Waals surface area (Å²) in [6.07, 6.45) is 12.1. The second kappa shape index (κ2) is 9.42. The Morgan fingerprint density at radius 3 is 2.03 bits per heavy atom. The molecule has 0 bridgehead atoms. The van der Waals surface area contributed by atoms with Crippen LogP contribution in [0.4, 0.5) is 0 Å². The Morgan fingerprint density at radius 2 is 1.41 bits per heavy atom. The number of aryl methyl sites for hydroxylation is 2. The number of carbonyl (C=O) groups is 2. The minimum atomic E-state index is -0.0421. The molecule has 34 heavy (non-hydrogen) atoms. The topological polar surface area (TPSA) is 58.2 Å². The zero-order valence-electron chi connectivity index (χ0n) is 20.9. The van der Waals surface area contributed by atoms with Gasteiger partial charge in [0.15, 0.2) is 0 Å². The van der Waals surface area contributed by atoms with Crippen molar-refractivity contribution in [3.63, 3.8) is 0 Å². The summed E-state index contributed by atoms with van der Waals surface area (Å²) in [7, 11) is 0. The van der Waals surface area contributed by atoms with Crippen LogP contribution in [0.2, 0.25) is 0 Å². The van der Waals surface area contributed by atoms with Crippen LogP contribution in [0.5, 0.6) is 0 Å². The maximum absolute atomic E-state index is 13.3. The molecular formula is C28H38N2O2S2. The lowest BCUT2D eigenvalue weighted by Crippen LogP contribution is -2.50. The molecule has 0 radical (unpaired) electrons. The van der Waals surface area contributed by atoms with Crippen molar-refractivity contribution >= 4 is 34.5 Å². The molecule has 2 aromatic rings. The van der Waals surface area contributed by atoms with Gasteiger partial charge in [0, 0.05) is 33.1 Å². The molecule has 3 aliphatic rings. The SMILES string of the molecule is CC1(C)C[C@@H](NC(=O)c2csc3c2CCCC3)C[C@](C)(CNC(=O)c2csc3c2CCCC3)C1. The van der Waals surface area contributed by atoms with E-state index in [-0.39, 0.29) is 28.7 Å². The predicted octanol–water partition coefficient (Wildman–Crippen LogP) is 6.31. The van der Waals surface area contributed by atoms with Crippen LogP contribution in [0.15, 0.2) is 10.8 Å². The van der Waals surface area contributed by atoms with Crippen molar-refractivity contribution in [2.75, 3.05) is 6.54 Å². The van der Waals surface area contributed by atoms with E-state index in [0.717, 1.165) is 56.1 Å². The summed E-state index contributed by atoms with van der Waals surface area (Å²) in [6.45, 7) is 7.53. The minimum absolute atomic E-state index is 0.0421. The monoisotopic (exact) mass is 498 g/mol. The van der Waals surface area contributed by atoms with Gasteiger partial charge in [-0.05, 0) is 92.6 Å². The van der Waals surface area contributed by atoms with Gasteiger partial charge in [-0.3, -0.25) is 9.59 Å². The van der Waals surface area contributed by atoms with Crippen molar-refractivity contribution in [2.24, 2.45) is 10.8 Å². The fourth-order valence-electron chi connectivity index (χ4n) is 6.89. The Kier molecular flexibility index (Phi) is 6.66. The first kappa shape index (κ1) is 24.1. The van der Waals surface area contributed by atoms with E-state index >= 15 is 0 Å². The Bertz CT molecular complexity index is 1080. The molecule has 2 amide bonds. The standard InChI is InChI=1S/C28H38N2O2S2/c1-27(2)12-18(30-26(32)22-15-34-24-11-7-5-9-20(22)24)13-28(3,16-27)17-29-25(31)21-14-33-23-10-6-4-8-19(21)23/h14-15,18H,4-13,16-17H2,1-3H3,(H,29,31)(H,30,32)/t18-,28+/m1/s1. The van der Waals surface area contributed by atoms with Crippen LogP contribution in [0.1, 0.15) is 107 Å². The lowest BCUT2D eigenvalue weighted by atomic mass is 9.62. The average molecular weight is 499 g/mol. The molecule has 0 saturated heterocycles. The van der Waals surface area contributed by atoms with Crippen LogP contribution < -0.4 is 10.6 Å². The van der Waals surface area contributed by atoms with E-state index in [1.54, 1.807) is 22.7 Å². The highest BCUT2D eigenvalue weighted by atomic mass is 32.1. The molecule has 1 saturated carbocycles. The molecule has 4 nitrogen and oxygen atoms in total. The van der Waals surface area contributed by atoms with Gasteiger partial charge in [0.05, 0.1) is 11.1 Å². The number of hydrogen-bond acceptors (Lipinski definition) is 4. The molecule has 0 spiro atoms. The molecule has 2 N–H and O–H groups in total. The first-order valence-electron chi connectivity index (χ1n) is 13.0. The van der Waals surface area contributed by atoms with E-state index in [9.17, 15) is 9.59 Å². The van der Waals surface area contributed by atoms with Crippen LogP contribution in [-0.4, -0.2) is 24.4 Å². The predicted molar refractivity (Wildman–Crippen MR) is 141 cm³/mol. The molecule has 1 fully saturated rings. The van der Waals surface area contributed by atoms with Gasteiger partial charge >= 0.3 is 0 Å². The highest BCUT2D eigenvalue weighted by Crippen LogP contribution is 2.46. The van der Waals surface area contributed by atoms with E-state index in [1.165, 1.54) is 46.6 Å². The zero-order chi connectivity index (χ0) is 23.9. The van der Waals surface area contributed by atoms with Crippen molar-refractivity contribution in [3.8, 4) is 0 Å². The zero-order valence-corrected chi connectivity index (χ0v) is 22.5. The number of amides is 2. The molecule has 6 heteroatoms. The van der Waals surface area contributed by atoms with E-state index in [2.05, 4.69) is 42.2 Å². The maximum atomic E-state index is 13.3. The number of rotatable bonds is 5. The van der Waals surface area contributed by atoms with E-state index in [0.29, 0.717) is 6.54 Å². The Morgan fingerprint density at radius 1 is 0.853 bits per heavy atom. The highest BCUT2D eigenvalue weighted by molar-refractivity contribution is 7.10. The highest BCUT2D eigenvalue weighted by Gasteiger charge is 2.42. The molecule has 184 valence electrons.